The molecule has 0 fully saturated rings. The van der Waals surface area contributed by atoms with Gasteiger partial charge in [0.25, 0.3) is 0 Å². The summed E-state index contributed by atoms with van der Waals surface area (Å²) in [7, 11) is 2.18. The number of pyridine rings is 1. The summed E-state index contributed by atoms with van der Waals surface area (Å²) < 4.78 is 4.86. The van der Waals surface area contributed by atoms with Gasteiger partial charge in [-0.15, -0.1) is 0 Å². The first kappa shape index (κ1) is 25.0. The number of rotatable bonds is 5. The predicted octanol–water partition coefficient (Wildman–Crippen LogP) is 8.42. The SMILES string of the molecule is Cc1cc(-c2c(C)c(C)c(C)n2-c2c(C(C)C)cc(-c3ccccc3)cc2C(C)C)[n+](C)cc1C. The molecular weight excluding hydrogens is 424 g/mol. The highest BCUT2D eigenvalue weighted by atomic mass is 15.1. The van der Waals surface area contributed by atoms with E-state index in [1.165, 1.54) is 67.3 Å². The minimum absolute atomic E-state index is 0.398. The number of benzene rings is 2. The average molecular weight is 466 g/mol. The lowest BCUT2D eigenvalue weighted by atomic mass is 9.88. The van der Waals surface area contributed by atoms with Crippen LogP contribution in [0.4, 0.5) is 0 Å². The van der Waals surface area contributed by atoms with Crippen molar-refractivity contribution in [2.24, 2.45) is 7.05 Å². The molecule has 182 valence electrons. The van der Waals surface area contributed by atoms with Crippen LogP contribution in [-0.4, -0.2) is 4.57 Å². The Morgan fingerprint density at radius 3 is 1.80 bits per heavy atom. The Bertz CT molecular complexity index is 1360. The van der Waals surface area contributed by atoms with Crippen LogP contribution in [0.1, 0.15) is 78.6 Å². The molecule has 0 unspecified atom stereocenters. The fourth-order valence-electron chi connectivity index (χ4n) is 5.27. The smallest absolute Gasteiger partial charge is 0.229 e. The van der Waals surface area contributed by atoms with Crippen LogP contribution < -0.4 is 4.57 Å². The normalized spacial score (nSPS) is 11.7. The van der Waals surface area contributed by atoms with Crippen LogP contribution in [0.3, 0.4) is 0 Å². The van der Waals surface area contributed by atoms with Crippen molar-refractivity contribution in [2.45, 2.75) is 74.1 Å². The van der Waals surface area contributed by atoms with Crippen LogP contribution in [0.25, 0.3) is 28.2 Å². The van der Waals surface area contributed by atoms with E-state index in [4.69, 9.17) is 0 Å². The summed E-state index contributed by atoms with van der Waals surface area (Å²) in [5.41, 5.74) is 16.0. The second kappa shape index (κ2) is 9.49. The van der Waals surface area contributed by atoms with Crippen LogP contribution in [0.5, 0.6) is 0 Å². The van der Waals surface area contributed by atoms with Crippen LogP contribution in [-0.2, 0) is 7.05 Å². The van der Waals surface area contributed by atoms with E-state index < -0.39 is 0 Å². The molecule has 4 aromatic rings. The maximum absolute atomic E-state index is 2.56. The fraction of sp³-hybridized carbons (Fsp3) is 0.364. The van der Waals surface area contributed by atoms with Crippen molar-refractivity contribution in [1.29, 1.82) is 0 Å². The maximum atomic E-state index is 2.56. The Hall–Kier alpha value is -3.13. The quantitative estimate of drug-likeness (QED) is 0.262. The first-order valence-corrected chi connectivity index (χ1v) is 12.9. The van der Waals surface area contributed by atoms with E-state index in [1.54, 1.807) is 0 Å². The van der Waals surface area contributed by atoms with E-state index in [0.29, 0.717) is 11.8 Å². The summed E-state index contributed by atoms with van der Waals surface area (Å²) in [6, 6.07) is 18.0. The molecule has 0 radical (unpaired) electrons. The van der Waals surface area contributed by atoms with Crippen molar-refractivity contribution in [2.75, 3.05) is 0 Å². The third-order valence-corrected chi connectivity index (χ3v) is 7.75. The van der Waals surface area contributed by atoms with E-state index in [0.717, 1.165) is 0 Å². The van der Waals surface area contributed by atoms with Crippen molar-refractivity contribution in [1.82, 2.24) is 4.57 Å². The summed E-state index contributed by atoms with van der Waals surface area (Å²) in [6.07, 6.45) is 2.26. The van der Waals surface area contributed by atoms with Gasteiger partial charge in [0.2, 0.25) is 5.69 Å². The molecule has 0 atom stereocenters. The number of aryl methyl sites for hydroxylation is 3. The Kier molecular flexibility index (Phi) is 6.77. The zero-order valence-electron chi connectivity index (χ0n) is 23.2. The highest BCUT2D eigenvalue weighted by Crippen LogP contribution is 2.41. The highest BCUT2D eigenvalue weighted by Gasteiger charge is 2.28. The van der Waals surface area contributed by atoms with E-state index in [-0.39, 0.29) is 0 Å². The number of aromatic nitrogens is 2. The van der Waals surface area contributed by atoms with E-state index in [1.807, 2.05) is 0 Å². The molecule has 2 heteroatoms. The van der Waals surface area contributed by atoms with Gasteiger partial charge in [0, 0.05) is 17.3 Å². The summed E-state index contributed by atoms with van der Waals surface area (Å²) in [5.74, 6) is 0.796. The van der Waals surface area contributed by atoms with Crippen LogP contribution in [0, 0.1) is 34.6 Å². The summed E-state index contributed by atoms with van der Waals surface area (Å²) in [4.78, 5) is 0. The zero-order chi connectivity index (χ0) is 25.6. The topological polar surface area (TPSA) is 8.81 Å². The standard InChI is InChI=1S/C33H41N2/c1-20(2)29-17-28(27-14-12-11-13-15-27)18-30(21(3)4)33(29)35-26(9)24(7)25(8)32(35)31-16-22(5)23(6)19-34(31)10/h11-21H,1-10H3/q+1. The molecule has 0 aliphatic carbocycles. The molecule has 35 heavy (non-hydrogen) atoms. The van der Waals surface area contributed by atoms with Gasteiger partial charge in [-0.3, -0.25) is 0 Å². The number of hydrogen-bond acceptors (Lipinski definition) is 0. The molecule has 2 heterocycles. The molecule has 0 saturated heterocycles. The fourth-order valence-corrected chi connectivity index (χ4v) is 5.27. The molecule has 0 saturated carbocycles. The summed E-state index contributed by atoms with van der Waals surface area (Å²) in [6.45, 7) is 20.6. The molecule has 2 nitrogen and oxygen atoms in total. The lowest BCUT2D eigenvalue weighted by Crippen LogP contribution is -2.32. The average Bonchev–Trinajstić information content (AvgIpc) is 3.04. The Labute approximate surface area is 212 Å². The largest absolute Gasteiger partial charge is 0.308 e. The number of hydrogen-bond donors (Lipinski definition) is 0. The van der Waals surface area contributed by atoms with E-state index in [2.05, 4.69) is 133 Å². The van der Waals surface area contributed by atoms with Crippen molar-refractivity contribution in [3.63, 3.8) is 0 Å². The van der Waals surface area contributed by atoms with Crippen LogP contribution in [0.15, 0.2) is 54.7 Å². The second-order valence-corrected chi connectivity index (χ2v) is 10.8. The van der Waals surface area contributed by atoms with Crippen LogP contribution in [0.2, 0.25) is 0 Å². The monoisotopic (exact) mass is 465 g/mol. The summed E-state index contributed by atoms with van der Waals surface area (Å²) >= 11 is 0. The zero-order valence-corrected chi connectivity index (χ0v) is 23.2. The van der Waals surface area contributed by atoms with Gasteiger partial charge in [0.1, 0.15) is 12.7 Å². The van der Waals surface area contributed by atoms with Gasteiger partial charge in [-0.1, -0.05) is 58.0 Å². The molecule has 2 aromatic carbocycles. The first-order valence-electron chi connectivity index (χ1n) is 12.9. The molecule has 0 aliphatic rings. The highest BCUT2D eigenvalue weighted by molar-refractivity contribution is 5.73. The Balaban J connectivity index is 2.13. The van der Waals surface area contributed by atoms with Gasteiger partial charge < -0.3 is 4.57 Å². The van der Waals surface area contributed by atoms with Gasteiger partial charge in [-0.2, -0.15) is 4.57 Å². The minimum Gasteiger partial charge on any atom is -0.308 e. The Morgan fingerprint density at radius 1 is 0.686 bits per heavy atom. The van der Waals surface area contributed by atoms with Crippen molar-refractivity contribution < 1.29 is 4.57 Å². The van der Waals surface area contributed by atoms with E-state index >= 15 is 0 Å². The molecule has 0 amide bonds. The molecule has 0 N–H and O–H groups in total. The Morgan fingerprint density at radius 2 is 1.26 bits per heavy atom. The molecule has 0 spiro atoms. The van der Waals surface area contributed by atoms with Crippen molar-refractivity contribution in [3.8, 4) is 28.2 Å². The van der Waals surface area contributed by atoms with E-state index in [9.17, 15) is 0 Å². The molecule has 0 aliphatic heterocycles. The molecule has 2 aromatic heterocycles. The van der Waals surface area contributed by atoms with Crippen LogP contribution >= 0.6 is 0 Å². The molecular formula is C33H41N2+. The lowest BCUT2D eigenvalue weighted by molar-refractivity contribution is -0.661. The first-order chi connectivity index (χ1) is 16.5. The predicted molar refractivity (Wildman–Crippen MR) is 150 cm³/mol. The summed E-state index contributed by atoms with van der Waals surface area (Å²) in [5, 5.41) is 0. The number of nitrogens with zero attached hydrogens (tertiary/aromatic N) is 2. The van der Waals surface area contributed by atoms with Gasteiger partial charge in [-0.25, -0.2) is 0 Å². The van der Waals surface area contributed by atoms with Gasteiger partial charge in [0.05, 0.1) is 5.69 Å². The third kappa shape index (κ3) is 4.35. The van der Waals surface area contributed by atoms with Gasteiger partial charge >= 0.3 is 0 Å². The molecule has 0 bridgehead atoms. The maximum Gasteiger partial charge on any atom is 0.229 e. The third-order valence-electron chi connectivity index (χ3n) is 7.75. The van der Waals surface area contributed by atoms with Gasteiger partial charge in [0.15, 0.2) is 6.20 Å². The lowest BCUT2D eigenvalue weighted by Gasteiger charge is -2.25. The van der Waals surface area contributed by atoms with Crippen molar-refractivity contribution in [3.05, 3.63) is 93.8 Å². The van der Waals surface area contributed by atoms with Gasteiger partial charge in [-0.05, 0) is 97.5 Å². The minimum atomic E-state index is 0.398. The van der Waals surface area contributed by atoms with Crippen molar-refractivity contribution >= 4 is 0 Å². The molecule has 4 rings (SSSR count). The second-order valence-electron chi connectivity index (χ2n) is 10.8.